The molecule has 0 spiro atoms. The molecule has 108 valence electrons. The third-order valence-electron chi connectivity index (χ3n) is 3.78. The number of benzene rings is 2. The van der Waals surface area contributed by atoms with Gasteiger partial charge in [-0.05, 0) is 66.9 Å². The van der Waals surface area contributed by atoms with Gasteiger partial charge in [-0.2, -0.15) is 0 Å². The molecule has 1 aliphatic carbocycles. The number of thiocarbonyl (C=S) groups is 1. The van der Waals surface area contributed by atoms with Gasteiger partial charge in [-0.15, -0.1) is 0 Å². The van der Waals surface area contributed by atoms with Gasteiger partial charge < -0.3 is 10.6 Å². The Labute approximate surface area is 135 Å². The maximum Gasteiger partial charge on any atom is 0.171 e. The summed E-state index contributed by atoms with van der Waals surface area (Å²) in [5.41, 5.74) is 3.74. The molecule has 2 nitrogen and oxygen atoms in total. The van der Waals surface area contributed by atoms with E-state index in [0.717, 1.165) is 23.6 Å². The first-order valence-corrected chi connectivity index (χ1v) is 7.92. The molecule has 0 unspecified atom stereocenters. The van der Waals surface area contributed by atoms with Crippen molar-refractivity contribution in [2.75, 3.05) is 5.32 Å². The van der Waals surface area contributed by atoms with E-state index in [2.05, 4.69) is 34.9 Å². The van der Waals surface area contributed by atoms with Crippen LogP contribution in [0.3, 0.4) is 0 Å². The zero-order chi connectivity index (χ0) is 14.7. The van der Waals surface area contributed by atoms with Crippen molar-refractivity contribution in [3.05, 3.63) is 64.7 Å². The van der Waals surface area contributed by atoms with Gasteiger partial charge in [0.15, 0.2) is 5.11 Å². The Morgan fingerprint density at radius 2 is 1.86 bits per heavy atom. The van der Waals surface area contributed by atoms with Crippen LogP contribution in [-0.4, -0.2) is 5.11 Å². The van der Waals surface area contributed by atoms with Gasteiger partial charge >= 0.3 is 0 Å². The molecule has 0 fully saturated rings. The molecule has 1 aliphatic rings. The van der Waals surface area contributed by atoms with Crippen LogP contribution in [0, 0.1) is 0 Å². The summed E-state index contributed by atoms with van der Waals surface area (Å²) in [7, 11) is 0. The predicted octanol–water partition coefficient (Wildman–Crippen LogP) is 4.70. The Hall–Kier alpha value is -1.58. The maximum absolute atomic E-state index is 5.88. The molecule has 0 heterocycles. The van der Waals surface area contributed by atoms with Crippen LogP contribution >= 0.6 is 23.8 Å². The third-order valence-corrected chi connectivity index (χ3v) is 4.25. The van der Waals surface area contributed by atoms with E-state index in [9.17, 15) is 0 Å². The highest BCUT2D eigenvalue weighted by Gasteiger charge is 2.20. The number of nitrogens with one attached hydrogen (secondary N) is 2. The van der Waals surface area contributed by atoms with Crippen LogP contribution in [0.5, 0.6) is 0 Å². The minimum atomic E-state index is 0.294. The Bertz CT molecular complexity index is 639. The van der Waals surface area contributed by atoms with Crippen molar-refractivity contribution < 1.29 is 0 Å². The van der Waals surface area contributed by atoms with Crippen LogP contribution in [0.1, 0.15) is 30.0 Å². The van der Waals surface area contributed by atoms with E-state index in [1.54, 1.807) is 0 Å². The standard InChI is InChI=1S/C17H17ClN2S/c18-13-8-10-14(11-9-13)19-17(21)20-16-7-3-5-12-4-1-2-6-15(12)16/h1-2,4,6,8-11,16H,3,5,7H2,(H2,19,20,21)/t16-/m1/s1. The molecular weight excluding hydrogens is 300 g/mol. The third kappa shape index (κ3) is 3.55. The van der Waals surface area contributed by atoms with Gasteiger partial charge in [0.2, 0.25) is 0 Å². The average molecular weight is 317 g/mol. The molecule has 2 aromatic rings. The highest BCUT2D eigenvalue weighted by Crippen LogP contribution is 2.29. The molecule has 0 aromatic heterocycles. The van der Waals surface area contributed by atoms with Gasteiger partial charge in [-0.1, -0.05) is 35.9 Å². The topological polar surface area (TPSA) is 24.1 Å². The molecule has 0 aliphatic heterocycles. The first-order chi connectivity index (χ1) is 10.2. The second kappa shape index (κ2) is 6.46. The molecule has 0 amide bonds. The lowest BCUT2D eigenvalue weighted by molar-refractivity contribution is 0.529. The summed E-state index contributed by atoms with van der Waals surface area (Å²) in [5.74, 6) is 0. The number of hydrogen-bond acceptors (Lipinski definition) is 1. The summed E-state index contributed by atoms with van der Waals surface area (Å²) in [6.45, 7) is 0. The van der Waals surface area contributed by atoms with Gasteiger partial charge in [-0.25, -0.2) is 0 Å². The molecular formula is C17H17ClN2S. The Kier molecular flexibility index (Phi) is 4.42. The largest absolute Gasteiger partial charge is 0.356 e. The number of hydrogen-bond donors (Lipinski definition) is 2. The summed E-state index contributed by atoms with van der Waals surface area (Å²) in [5, 5.41) is 8.01. The molecule has 0 bridgehead atoms. The summed E-state index contributed by atoms with van der Waals surface area (Å²) in [6, 6.07) is 16.4. The number of rotatable bonds is 2. The molecule has 21 heavy (non-hydrogen) atoms. The van der Waals surface area contributed by atoms with E-state index in [1.165, 1.54) is 17.5 Å². The van der Waals surface area contributed by atoms with Crippen LogP contribution in [0.25, 0.3) is 0 Å². The van der Waals surface area contributed by atoms with Crippen molar-refractivity contribution in [3.63, 3.8) is 0 Å². The van der Waals surface area contributed by atoms with E-state index in [-0.39, 0.29) is 0 Å². The molecule has 0 radical (unpaired) electrons. The van der Waals surface area contributed by atoms with Crippen molar-refractivity contribution >= 4 is 34.6 Å². The second-order valence-corrected chi connectivity index (χ2v) is 6.09. The van der Waals surface area contributed by atoms with E-state index in [0.29, 0.717) is 11.2 Å². The summed E-state index contributed by atoms with van der Waals surface area (Å²) >= 11 is 11.3. The zero-order valence-corrected chi connectivity index (χ0v) is 13.2. The lowest BCUT2D eigenvalue weighted by Gasteiger charge is -2.27. The normalized spacial score (nSPS) is 16.9. The first kappa shape index (κ1) is 14.4. The smallest absolute Gasteiger partial charge is 0.171 e. The molecule has 0 saturated carbocycles. The molecule has 3 rings (SSSR count). The van der Waals surface area contributed by atoms with Crippen LogP contribution in [-0.2, 0) is 6.42 Å². The molecule has 2 N–H and O–H groups in total. The maximum atomic E-state index is 5.88. The molecule has 4 heteroatoms. The van der Waals surface area contributed by atoms with E-state index in [4.69, 9.17) is 23.8 Å². The lowest BCUT2D eigenvalue weighted by Crippen LogP contribution is -2.34. The number of aryl methyl sites for hydroxylation is 1. The Morgan fingerprint density at radius 1 is 1.10 bits per heavy atom. The van der Waals surface area contributed by atoms with Crippen LogP contribution in [0.15, 0.2) is 48.5 Å². The minimum absolute atomic E-state index is 0.294. The van der Waals surface area contributed by atoms with Gasteiger partial charge in [-0.3, -0.25) is 0 Å². The summed E-state index contributed by atoms with van der Waals surface area (Å²) in [4.78, 5) is 0. The Morgan fingerprint density at radius 3 is 2.67 bits per heavy atom. The van der Waals surface area contributed by atoms with Gasteiger partial charge in [0.1, 0.15) is 0 Å². The van der Waals surface area contributed by atoms with Crippen LogP contribution in [0.4, 0.5) is 5.69 Å². The highest BCUT2D eigenvalue weighted by molar-refractivity contribution is 7.80. The van der Waals surface area contributed by atoms with E-state index < -0.39 is 0 Å². The monoisotopic (exact) mass is 316 g/mol. The molecule has 1 atom stereocenters. The van der Waals surface area contributed by atoms with Crippen molar-refractivity contribution in [1.82, 2.24) is 5.32 Å². The highest BCUT2D eigenvalue weighted by atomic mass is 35.5. The molecule has 0 saturated heterocycles. The quantitative estimate of drug-likeness (QED) is 0.785. The predicted molar refractivity (Wildman–Crippen MR) is 92.9 cm³/mol. The van der Waals surface area contributed by atoms with Gasteiger partial charge in [0.05, 0.1) is 6.04 Å². The SMILES string of the molecule is S=C(Nc1ccc(Cl)cc1)N[C@@H]1CCCc2ccccc21. The minimum Gasteiger partial charge on any atom is -0.356 e. The fourth-order valence-electron chi connectivity index (χ4n) is 2.76. The van der Waals surface area contributed by atoms with Crippen molar-refractivity contribution in [3.8, 4) is 0 Å². The van der Waals surface area contributed by atoms with Crippen LogP contribution in [0.2, 0.25) is 5.02 Å². The summed E-state index contributed by atoms with van der Waals surface area (Å²) < 4.78 is 0. The summed E-state index contributed by atoms with van der Waals surface area (Å²) in [6.07, 6.45) is 3.46. The fourth-order valence-corrected chi connectivity index (χ4v) is 3.15. The number of fused-ring (bicyclic) bond motifs is 1. The fraction of sp³-hybridized carbons (Fsp3) is 0.235. The van der Waals surface area contributed by atoms with E-state index in [1.807, 2.05) is 24.3 Å². The van der Waals surface area contributed by atoms with Gasteiger partial charge in [0, 0.05) is 10.7 Å². The Balaban J connectivity index is 1.67. The zero-order valence-electron chi connectivity index (χ0n) is 11.6. The van der Waals surface area contributed by atoms with Crippen LogP contribution < -0.4 is 10.6 Å². The average Bonchev–Trinajstić information content (AvgIpc) is 2.50. The van der Waals surface area contributed by atoms with Crippen molar-refractivity contribution in [2.24, 2.45) is 0 Å². The lowest BCUT2D eigenvalue weighted by atomic mass is 9.88. The number of anilines is 1. The van der Waals surface area contributed by atoms with E-state index >= 15 is 0 Å². The molecule has 2 aromatic carbocycles. The second-order valence-electron chi connectivity index (χ2n) is 5.25. The van der Waals surface area contributed by atoms with Gasteiger partial charge in [0.25, 0.3) is 0 Å². The van der Waals surface area contributed by atoms with Crippen molar-refractivity contribution in [2.45, 2.75) is 25.3 Å². The van der Waals surface area contributed by atoms with Crippen molar-refractivity contribution in [1.29, 1.82) is 0 Å². The first-order valence-electron chi connectivity index (χ1n) is 7.13. The number of halogens is 1.